The van der Waals surface area contributed by atoms with E-state index in [2.05, 4.69) is 0 Å². The van der Waals surface area contributed by atoms with E-state index >= 15 is 0 Å². The Hall–Kier alpha value is -1.03. The van der Waals surface area contributed by atoms with Crippen LogP contribution in [0.4, 0.5) is 13.2 Å². The predicted molar refractivity (Wildman–Crippen MR) is 56.1 cm³/mol. The summed E-state index contributed by atoms with van der Waals surface area (Å²) in [5, 5.41) is 0. The van der Waals surface area contributed by atoms with Crippen LogP contribution in [-0.4, -0.2) is 24.2 Å². The smallest absolute Gasteiger partial charge is 0.291 e. The minimum atomic E-state index is -4.10. The third kappa shape index (κ3) is 2.98. The molecule has 0 N–H and O–H groups in total. The van der Waals surface area contributed by atoms with Gasteiger partial charge in [-0.3, -0.25) is 4.90 Å². The van der Waals surface area contributed by atoms with Crippen molar-refractivity contribution in [3.05, 3.63) is 35.4 Å². The van der Waals surface area contributed by atoms with Crippen molar-refractivity contribution in [1.29, 1.82) is 0 Å². The standard InChI is InChI=1S/C12H14F3N/c13-12(14,15)9-16-7-3-6-10-4-1-2-5-11(10)8-16/h1-2,4-5H,3,6-9H2. The lowest BCUT2D eigenvalue weighted by Crippen LogP contribution is -2.33. The minimum absolute atomic E-state index is 0.412. The van der Waals surface area contributed by atoms with Gasteiger partial charge < -0.3 is 0 Å². The zero-order valence-corrected chi connectivity index (χ0v) is 8.93. The van der Waals surface area contributed by atoms with E-state index in [0.29, 0.717) is 13.1 Å². The highest BCUT2D eigenvalue weighted by Crippen LogP contribution is 2.22. The normalized spacial score (nSPS) is 17.9. The number of hydrogen-bond donors (Lipinski definition) is 0. The molecule has 0 radical (unpaired) electrons. The number of benzene rings is 1. The van der Waals surface area contributed by atoms with E-state index in [9.17, 15) is 13.2 Å². The van der Waals surface area contributed by atoms with Crippen LogP contribution in [0.5, 0.6) is 0 Å². The molecule has 0 amide bonds. The van der Waals surface area contributed by atoms with Gasteiger partial charge in [0.25, 0.3) is 0 Å². The van der Waals surface area contributed by atoms with E-state index in [1.54, 1.807) is 0 Å². The van der Waals surface area contributed by atoms with Crippen molar-refractivity contribution < 1.29 is 13.2 Å². The van der Waals surface area contributed by atoms with Gasteiger partial charge in [0.1, 0.15) is 0 Å². The van der Waals surface area contributed by atoms with Gasteiger partial charge in [-0.1, -0.05) is 24.3 Å². The van der Waals surface area contributed by atoms with Gasteiger partial charge in [-0.05, 0) is 30.5 Å². The Morgan fingerprint density at radius 1 is 1.12 bits per heavy atom. The van der Waals surface area contributed by atoms with Gasteiger partial charge in [0.05, 0.1) is 6.54 Å². The van der Waals surface area contributed by atoms with Crippen molar-refractivity contribution in [2.45, 2.75) is 25.6 Å². The molecule has 0 fully saturated rings. The van der Waals surface area contributed by atoms with E-state index < -0.39 is 12.7 Å². The fourth-order valence-electron chi connectivity index (χ4n) is 2.16. The molecule has 0 bridgehead atoms. The molecule has 0 atom stereocenters. The number of aryl methyl sites for hydroxylation is 1. The molecule has 1 aromatic rings. The number of hydrogen-bond acceptors (Lipinski definition) is 1. The molecular weight excluding hydrogens is 215 g/mol. The summed E-state index contributed by atoms with van der Waals surface area (Å²) in [6.07, 6.45) is -2.42. The maximum absolute atomic E-state index is 12.3. The third-order valence-corrected chi connectivity index (χ3v) is 2.84. The van der Waals surface area contributed by atoms with Gasteiger partial charge in [-0.15, -0.1) is 0 Å². The van der Waals surface area contributed by atoms with Gasteiger partial charge in [0.2, 0.25) is 0 Å². The van der Waals surface area contributed by atoms with Crippen molar-refractivity contribution in [3.8, 4) is 0 Å². The van der Waals surface area contributed by atoms with Crippen LogP contribution in [0.2, 0.25) is 0 Å². The third-order valence-electron chi connectivity index (χ3n) is 2.84. The van der Waals surface area contributed by atoms with Crippen molar-refractivity contribution in [2.24, 2.45) is 0 Å². The van der Waals surface area contributed by atoms with Gasteiger partial charge in [-0.25, -0.2) is 0 Å². The van der Waals surface area contributed by atoms with Crippen LogP contribution in [0.25, 0.3) is 0 Å². The van der Waals surface area contributed by atoms with Gasteiger partial charge in [-0.2, -0.15) is 13.2 Å². The second-order valence-electron chi connectivity index (χ2n) is 4.20. The molecule has 2 rings (SSSR count). The molecule has 0 aromatic heterocycles. The van der Waals surface area contributed by atoms with E-state index in [-0.39, 0.29) is 0 Å². The van der Waals surface area contributed by atoms with E-state index in [0.717, 1.165) is 18.4 Å². The highest BCUT2D eigenvalue weighted by atomic mass is 19.4. The average molecular weight is 229 g/mol. The topological polar surface area (TPSA) is 3.24 Å². The summed E-state index contributed by atoms with van der Waals surface area (Å²) < 4.78 is 36.9. The Bertz CT molecular complexity index is 360. The molecule has 0 spiro atoms. The van der Waals surface area contributed by atoms with Crippen LogP contribution < -0.4 is 0 Å². The van der Waals surface area contributed by atoms with E-state index in [4.69, 9.17) is 0 Å². The zero-order chi connectivity index (χ0) is 11.6. The lowest BCUT2D eigenvalue weighted by atomic mass is 10.0. The van der Waals surface area contributed by atoms with Crippen molar-refractivity contribution in [3.63, 3.8) is 0 Å². The fourth-order valence-corrected chi connectivity index (χ4v) is 2.16. The first-order valence-corrected chi connectivity index (χ1v) is 5.40. The van der Waals surface area contributed by atoms with Crippen molar-refractivity contribution in [1.82, 2.24) is 4.90 Å². The zero-order valence-electron chi connectivity index (χ0n) is 8.93. The largest absolute Gasteiger partial charge is 0.401 e. The Labute approximate surface area is 92.9 Å². The van der Waals surface area contributed by atoms with Crippen molar-refractivity contribution >= 4 is 0 Å². The van der Waals surface area contributed by atoms with Crippen LogP contribution in [0.1, 0.15) is 17.5 Å². The Morgan fingerprint density at radius 3 is 2.50 bits per heavy atom. The molecule has 0 saturated heterocycles. The molecule has 1 aliphatic rings. The SMILES string of the molecule is FC(F)(F)CN1CCCc2ccccc2C1. The second-order valence-corrected chi connectivity index (χ2v) is 4.20. The maximum atomic E-state index is 12.3. The predicted octanol–water partition coefficient (Wildman–Crippen LogP) is 3.00. The number of halogens is 3. The quantitative estimate of drug-likeness (QED) is 0.715. The maximum Gasteiger partial charge on any atom is 0.401 e. The minimum Gasteiger partial charge on any atom is -0.291 e. The van der Waals surface area contributed by atoms with Gasteiger partial charge in [0.15, 0.2) is 0 Å². The average Bonchev–Trinajstić information content (AvgIpc) is 2.36. The molecule has 0 aliphatic carbocycles. The van der Waals surface area contributed by atoms with Crippen LogP contribution >= 0.6 is 0 Å². The summed E-state index contributed by atoms with van der Waals surface area (Å²) in [5.41, 5.74) is 2.22. The van der Waals surface area contributed by atoms with Crippen LogP contribution in [-0.2, 0) is 13.0 Å². The molecule has 1 nitrogen and oxygen atoms in total. The molecule has 1 aromatic carbocycles. The fraction of sp³-hybridized carbons (Fsp3) is 0.500. The monoisotopic (exact) mass is 229 g/mol. The molecule has 0 saturated carbocycles. The number of alkyl halides is 3. The summed E-state index contributed by atoms with van der Waals surface area (Å²) in [4.78, 5) is 1.48. The van der Waals surface area contributed by atoms with Crippen LogP contribution in [0.3, 0.4) is 0 Å². The highest BCUT2D eigenvalue weighted by Gasteiger charge is 2.31. The number of fused-ring (bicyclic) bond motifs is 1. The summed E-state index contributed by atoms with van der Waals surface area (Å²) in [7, 11) is 0. The van der Waals surface area contributed by atoms with E-state index in [1.165, 1.54) is 10.5 Å². The molecule has 4 heteroatoms. The van der Waals surface area contributed by atoms with Crippen molar-refractivity contribution in [2.75, 3.05) is 13.1 Å². The number of rotatable bonds is 1. The Kier molecular flexibility index (Phi) is 3.19. The lowest BCUT2D eigenvalue weighted by molar-refractivity contribution is -0.147. The summed E-state index contributed by atoms with van der Waals surface area (Å²) in [6, 6.07) is 7.75. The summed E-state index contributed by atoms with van der Waals surface area (Å²) in [5.74, 6) is 0. The highest BCUT2D eigenvalue weighted by molar-refractivity contribution is 5.27. The molecule has 16 heavy (non-hydrogen) atoms. The van der Waals surface area contributed by atoms with Crippen LogP contribution in [0, 0.1) is 0 Å². The molecule has 88 valence electrons. The number of nitrogens with zero attached hydrogens (tertiary/aromatic N) is 1. The second kappa shape index (κ2) is 4.45. The van der Waals surface area contributed by atoms with E-state index in [1.807, 2.05) is 24.3 Å². The van der Waals surface area contributed by atoms with Gasteiger partial charge in [0, 0.05) is 6.54 Å². The molecule has 1 aliphatic heterocycles. The van der Waals surface area contributed by atoms with Crippen LogP contribution in [0.15, 0.2) is 24.3 Å². The molecular formula is C12H14F3N. The molecule has 1 heterocycles. The Balaban J connectivity index is 2.11. The molecule has 0 unspecified atom stereocenters. The summed E-state index contributed by atoms with van der Waals surface area (Å²) in [6.45, 7) is 0.130. The first-order chi connectivity index (χ1) is 7.54. The first kappa shape index (κ1) is 11.5. The lowest BCUT2D eigenvalue weighted by Gasteiger charge is -2.21. The summed E-state index contributed by atoms with van der Waals surface area (Å²) >= 11 is 0. The first-order valence-electron chi connectivity index (χ1n) is 5.40. The van der Waals surface area contributed by atoms with Gasteiger partial charge >= 0.3 is 6.18 Å². The Morgan fingerprint density at radius 2 is 1.81 bits per heavy atom.